The van der Waals surface area contributed by atoms with Crippen molar-refractivity contribution >= 4 is 5.97 Å². The monoisotopic (exact) mass is 424 g/mol. The Balaban J connectivity index is 0.000000325. The van der Waals surface area contributed by atoms with Gasteiger partial charge in [-0.1, -0.05) is 68.3 Å². The van der Waals surface area contributed by atoms with Gasteiger partial charge in [0.1, 0.15) is 5.75 Å². The Labute approximate surface area is 177 Å². The molecule has 0 amide bonds. The van der Waals surface area contributed by atoms with Gasteiger partial charge in [0.2, 0.25) is 0 Å². The average Bonchev–Trinajstić information content (AvgIpc) is 2.69. The molecule has 0 saturated carbocycles. The summed E-state index contributed by atoms with van der Waals surface area (Å²) in [5.41, 5.74) is 2.25. The van der Waals surface area contributed by atoms with Crippen LogP contribution in [0, 0.1) is 12.8 Å². The second-order valence-corrected chi connectivity index (χ2v) is 7.21. The first kappa shape index (κ1) is 25.5. The molecule has 2 rings (SSSR count). The number of carbonyl (C=O) groups is 1. The molecule has 0 radical (unpaired) electrons. The van der Waals surface area contributed by atoms with Crippen molar-refractivity contribution in [1.82, 2.24) is 0 Å². The van der Waals surface area contributed by atoms with Crippen molar-refractivity contribution in [2.75, 3.05) is 0 Å². The predicted molar refractivity (Wildman–Crippen MR) is 112 cm³/mol. The first-order valence-corrected chi connectivity index (χ1v) is 10.2. The van der Waals surface area contributed by atoms with Crippen LogP contribution in [0.3, 0.4) is 0 Å². The van der Waals surface area contributed by atoms with Crippen molar-refractivity contribution in [3.63, 3.8) is 0 Å². The number of hydrogen-bond acceptors (Lipinski definition) is 3. The molecule has 0 bridgehead atoms. The molecule has 0 saturated heterocycles. The van der Waals surface area contributed by atoms with Gasteiger partial charge in [0, 0.05) is 6.42 Å². The SMILES string of the molecule is CCC(=O)OC(C)C[C@H](CC)Cc1ccccc1.Cc1ccc(OC(F)(F)F)cc1. The van der Waals surface area contributed by atoms with Crippen LogP contribution in [0.2, 0.25) is 0 Å². The summed E-state index contributed by atoms with van der Waals surface area (Å²) in [7, 11) is 0. The normalized spacial score (nSPS) is 12.9. The molecule has 0 fully saturated rings. The van der Waals surface area contributed by atoms with Gasteiger partial charge in [-0.05, 0) is 50.3 Å². The molecule has 0 heterocycles. The highest BCUT2D eigenvalue weighted by atomic mass is 19.4. The molecule has 0 aromatic heterocycles. The van der Waals surface area contributed by atoms with Crippen LogP contribution in [0.15, 0.2) is 54.6 Å². The van der Waals surface area contributed by atoms with E-state index >= 15 is 0 Å². The fourth-order valence-corrected chi connectivity index (χ4v) is 2.91. The van der Waals surface area contributed by atoms with Gasteiger partial charge in [0.05, 0.1) is 6.10 Å². The Morgan fingerprint density at radius 1 is 1.00 bits per heavy atom. The van der Waals surface area contributed by atoms with Crippen LogP contribution in [-0.4, -0.2) is 18.4 Å². The molecule has 0 spiro atoms. The standard InChI is InChI=1S/C16H24O2.C8H7F3O/c1-4-14(11-13(3)18-16(17)5-2)12-15-9-7-6-8-10-15;1-6-2-4-7(5-3-6)12-8(9,10)11/h6-10,13-14H,4-5,11-12H2,1-3H3;2-5H,1H3/t13?,14-;/m0./s1. The largest absolute Gasteiger partial charge is 0.573 e. The maximum absolute atomic E-state index is 11.6. The number of ether oxygens (including phenoxy) is 2. The lowest BCUT2D eigenvalue weighted by Crippen LogP contribution is -2.19. The quantitative estimate of drug-likeness (QED) is 0.433. The Morgan fingerprint density at radius 3 is 2.10 bits per heavy atom. The van der Waals surface area contributed by atoms with E-state index in [-0.39, 0.29) is 17.8 Å². The summed E-state index contributed by atoms with van der Waals surface area (Å²) in [5, 5.41) is 0. The molecule has 1 unspecified atom stereocenters. The van der Waals surface area contributed by atoms with Crippen LogP contribution in [0.5, 0.6) is 5.75 Å². The van der Waals surface area contributed by atoms with Crippen LogP contribution in [0.1, 0.15) is 51.2 Å². The minimum absolute atomic E-state index is 0.0195. The lowest BCUT2D eigenvalue weighted by atomic mass is 9.92. The van der Waals surface area contributed by atoms with Crippen molar-refractivity contribution in [2.45, 2.75) is 65.8 Å². The zero-order chi connectivity index (χ0) is 22.6. The van der Waals surface area contributed by atoms with Gasteiger partial charge >= 0.3 is 12.3 Å². The molecule has 0 N–H and O–H groups in total. The van der Waals surface area contributed by atoms with Gasteiger partial charge in [-0.3, -0.25) is 4.79 Å². The third kappa shape index (κ3) is 11.5. The van der Waals surface area contributed by atoms with E-state index < -0.39 is 6.36 Å². The molecule has 166 valence electrons. The van der Waals surface area contributed by atoms with Crippen LogP contribution >= 0.6 is 0 Å². The van der Waals surface area contributed by atoms with E-state index in [1.54, 1.807) is 19.1 Å². The summed E-state index contributed by atoms with van der Waals surface area (Å²) in [5.74, 6) is 0.289. The fraction of sp³-hybridized carbons (Fsp3) is 0.458. The number of rotatable bonds is 8. The summed E-state index contributed by atoms with van der Waals surface area (Å²) >= 11 is 0. The first-order chi connectivity index (χ1) is 14.1. The van der Waals surface area contributed by atoms with E-state index in [2.05, 4.69) is 35.9 Å². The molecular formula is C24H31F3O3. The molecule has 6 heteroatoms. The van der Waals surface area contributed by atoms with Crippen LogP contribution in [0.25, 0.3) is 0 Å². The van der Waals surface area contributed by atoms with Gasteiger partial charge in [-0.15, -0.1) is 13.2 Å². The predicted octanol–water partition coefficient (Wildman–Crippen LogP) is 6.88. The Bertz CT molecular complexity index is 728. The van der Waals surface area contributed by atoms with Crippen molar-refractivity contribution in [2.24, 2.45) is 5.92 Å². The molecule has 2 aromatic rings. The summed E-state index contributed by atoms with van der Waals surface area (Å²) < 4.78 is 43.8. The number of halogens is 3. The van der Waals surface area contributed by atoms with E-state index in [1.165, 1.54) is 17.7 Å². The molecular weight excluding hydrogens is 393 g/mol. The van der Waals surface area contributed by atoms with Crippen LogP contribution in [-0.2, 0) is 16.0 Å². The van der Waals surface area contributed by atoms with Crippen molar-refractivity contribution in [3.8, 4) is 5.75 Å². The number of aryl methyl sites for hydroxylation is 1. The maximum atomic E-state index is 11.6. The van der Waals surface area contributed by atoms with Gasteiger partial charge in [0.25, 0.3) is 0 Å². The third-order valence-corrected chi connectivity index (χ3v) is 4.49. The number of hydrogen-bond donors (Lipinski definition) is 0. The fourth-order valence-electron chi connectivity index (χ4n) is 2.91. The van der Waals surface area contributed by atoms with Gasteiger partial charge in [0.15, 0.2) is 0 Å². The number of benzene rings is 2. The number of carbonyl (C=O) groups excluding carboxylic acids is 1. The Morgan fingerprint density at radius 2 is 1.60 bits per heavy atom. The van der Waals surface area contributed by atoms with Gasteiger partial charge < -0.3 is 9.47 Å². The maximum Gasteiger partial charge on any atom is 0.573 e. The highest BCUT2D eigenvalue weighted by Gasteiger charge is 2.30. The number of esters is 1. The van der Waals surface area contributed by atoms with Crippen molar-refractivity contribution in [3.05, 3.63) is 65.7 Å². The summed E-state index contributed by atoms with van der Waals surface area (Å²) in [6, 6.07) is 16.2. The van der Waals surface area contributed by atoms with Crippen molar-refractivity contribution in [1.29, 1.82) is 0 Å². The lowest BCUT2D eigenvalue weighted by Gasteiger charge is -2.20. The van der Waals surface area contributed by atoms with Gasteiger partial charge in [-0.2, -0.15) is 0 Å². The molecule has 30 heavy (non-hydrogen) atoms. The minimum atomic E-state index is -4.60. The minimum Gasteiger partial charge on any atom is -0.463 e. The molecule has 0 aliphatic heterocycles. The second kappa shape index (κ2) is 12.9. The molecule has 0 aliphatic carbocycles. The van der Waals surface area contributed by atoms with E-state index in [0.29, 0.717) is 12.3 Å². The van der Waals surface area contributed by atoms with Crippen LogP contribution in [0.4, 0.5) is 13.2 Å². The highest BCUT2D eigenvalue weighted by molar-refractivity contribution is 5.69. The Hall–Kier alpha value is -2.50. The molecule has 0 aliphatic rings. The molecule has 2 aromatic carbocycles. The van der Waals surface area contributed by atoms with E-state index in [1.807, 2.05) is 19.9 Å². The zero-order valence-electron chi connectivity index (χ0n) is 18.0. The second-order valence-electron chi connectivity index (χ2n) is 7.21. The van der Waals surface area contributed by atoms with Crippen LogP contribution < -0.4 is 4.74 Å². The topological polar surface area (TPSA) is 35.5 Å². The lowest BCUT2D eigenvalue weighted by molar-refractivity contribution is -0.274. The van der Waals surface area contributed by atoms with Crippen molar-refractivity contribution < 1.29 is 27.4 Å². The first-order valence-electron chi connectivity index (χ1n) is 10.2. The smallest absolute Gasteiger partial charge is 0.463 e. The molecule has 2 atom stereocenters. The summed E-state index contributed by atoms with van der Waals surface area (Å²) in [4.78, 5) is 11.2. The summed E-state index contributed by atoms with van der Waals surface area (Å²) in [6.07, 6.45) is -1.01. The molecule has 3 nitrogen and oxygen atoms in total. The van der Waals surface area contributed by atoms with E-state index in [9.17, 15) is 18.0 Å². The summed E-state index contributed by atoms with van der Waals surface area (Å²) in [6.45, 7) is 7.80. The van der Waals surface area contributed by atoms with E-state index in [0.717, 1.165) is 24.8 Å². The average molecular weight is 425 g/mol. The number of alkyl halides is 3. The Kier molecular flexibility index (Phi) is 11.0. The van der Waals surface area contributed by atoms with Gasteiger partial charge in [-0.25, -0.2) is 0 Å². The highest BCUT2D eigenvalue weighted by Crippen LogP contribution is 2.22. The van der Waals surface area contributed by atoms with E-state index in [4.69, 9.17) is 4.74 Å². The zero-order valence-corrected chi connectivity index (χ0v) is 18.0. The third-order valence-electron chi connectivity index (χ3n) is 4.49.